The Morgan fingerprint density at radius 1 is 1.09 bits per heavy atom. The van der Waals surface area contributed by atoms with Crippen LogP contribution in [-0.4, -0.2) is 53.3 Å². The van der Waals surface area contributed by atoms with Gasteiger partial charge in [0.25, 0.3) is 17.5 Å². The Bertz CT molecular complexity index is 1100. The summed E-state index contributed by atoms with van der Waals surface area (Å²) < 4.78 is 11.1. The van der Waals surface area contributed by atoms with Crippen molar-refractivity contribution in [1.29, 1.82) is 0 Å². The molecule has 174 valence electrons. The van der Waals surface area contributed by atoms with Gasteiger partial charge in [-0.15, -0.1) is 0 Å². The first-order chi connectivity index (χ1) is 15.8. The molecule has 1 atom stereocenters. The zero-order valence-corrected chi connectivity index (χ0v) is 18.6. The van der Waals surface area contributed by atoms with Gasteiger partial charge < -0.3 is 14.8 Å². The molecule has 0 saturated heterocycles. The number of carbonyl (C=O) groups excluding carboxylic acids is 3. The molecule has 0 saturated carbocycles. The first-order valence-electron chi connectivity index (χ1n) is 10.6. The predicted octanol–water partition coefficient (Wildman–Crippen LogP) is 2.74. The van der Waals surface area contributed by atoms with Crippen LogP contribution in [0.3, 0.4) is 0 Å². The van der Waals surface area contributed by atoms with Crippen LogP contribution in [0.2, 0.25) is 0 Å². The van der Waals surface area contributed by atoms with Gasteiger partial charge in [-0.25, -0.2) is 0 Å². The largest absolute Gasteiger partial charge is 0.490 e. The molecule has 1 heterocycles. The maximum absolute atomic E-state index is 12.8. The molecule has 0 aromatic heterocycles. The highest BCUT2D eigenvalue weighted by atomic mass is 16.6. The predicted molar refractivity (Wildman–Crippen MR) is 119 cm³/mol. The number of imide groups is 1. The van der Waals surface area contributed by atoms with E-state index in [1.54, 1.807) is 6.07 Å². The van der Waals surface area contributed by atoms with Crippen molar-refractivity contribution in [3.8, 4) is 11.5 Å². The number of hydrogen-bond donors (Lipinski definition) is 1. The Labute approximate surface area is 190 Å². The van der Waals surface area contributed by atoms with E-state index in [1.165, 1.54) is 19.1 Å². The summed E-state index contributed by atoms with van der Waals surface area (Å²) in [5.41, 5.74) is 0.0875. The van der Waals surface area contributed by atoms with E-state index in [-0.39, 0.29) is 17.7 Å². The summed E-state index contributed by atoms with van der Waals surface area (Å²) in [5, 5.41) is 14.0. The Morgan fingerprint density at radius 2 is 1.79 bits per heavy atom. The number of ether oxygens (including phenoxy) is 2. The van der Waals surface area contributed by atoms with Gasteiger partial charge in [0.05, 0.1) is 23.7 Å². The van der Waals surface area contributed by atoms with E-state index in [9.17, 15) is 24.5 Å². The van der Waals surface area contributed by atoms with Gasteiger partial charge >= 0.3 is 0 Å². The molecule has 10 nitrogen and oxygen atoms in total. The fourth-order valence-electron chi connectivity index (χ4n) is 3.64. The van der Waals surface area contributed by atoms with E-state index in [0.29, 0.717) is 31.1 Å². The summed E-state index contributed by atoms with van der Waals surface area (Å²) in [4.78, 5) is 49.4. The van der Waals surface area contributed by atoms with Gasteiger partial charge in [-0.2, -0.15) is 0 Å². The average Bonchev–Trinajstić information content (AvgIpc) is 3.05. The molecule has 33 heavy (non-hydrogen) atoms. The lowest BCUT2D eigenvalue weighted by Crippen LogP contribution is -2.48. The standard InChI is InChI=1S/C23H25N3O7/c1-4-32-18-10-9-15(13-19(18)33-5-2)11-12-24-21(27)14(3)25-22(28)16-7-6-8-17(26(30)31)20(16)23(25)29/h6-10,13-14H,4-5,11-12H2,1-3H3,(H,24,27). The summed E-state index contributed by atoms with van der Waals surface area (Å²) in [7, 11) is 0. The highest BCUT2D eigenvalue weighted by molar-refractivity contribution is 6.24. The molecule has 2 aromatic rings. The number of nitrogens with one attached hydrogen (secondary N) is 1. The minimum atomic E-state index is -1.13. The van der Waals surface area contributed by atoms with Gasteiger partial charge in [0.1, 0.15) is 11.6 Å². The van der Waals surface area contributed by atoms with Crippen LogP contribution >= 0.6 is 0 Å². The second kappa shape index (κ2) is 10.1. The second-order valence-electron chi connectivity index (χ2n) is 7.30. The molecular weight excluding hydrogens is 430 g/mol. The molecule has 2 aromatic carbocycles. The van der Waals surface area contributed by atoms with Gasteiger partial charge in [-0.1, -0.05) is 12.1 Å². The van der Waals surface area contributed by atoms with Crippen molar-refractivity contribution < 1.29 is 28.8 Å². The zero-order valence-electron chi connectivity index (χ0n) is 18.6. The van der Waals surface area contributed by atoms with Crippen molar-refractivity contribution in [2.75, 3.05) is 19.8 Å². The van der Waals surface area contributed by atoms with Gasteiger partial charge in [0.2, 0.25) is 5.91 Å². The molecule has 1 aliphatic rings. The van der Waals surface area contributed by atoms with Crippen LogP contribution in [0, 0.1) is 10.1 Å². The number of rotatable bonds is 10. The molecule has 3 rings (SSSR count). The van der Waals surface area contributed by atoms with Crippen LogP contribution in [0.15, 0.2) is 36.4 Å². The number of benzene rings is 2. The summed E-state index contributed by atoms with van der Waals surface area (Å²) >= 11 is 0. The van der Waals surface area contributed by atoms with E-state index in [4.69, 9.17) is 9.47 Å². The van der Waals surface area contributed by atoms with Gasteiger partial charge in [0.15, 0.2) is 11.5 Å². The first kappa shape index (κ1) is 23.7. The Balaban J connectivity index is 1.65. The summed E-state index contributed by atoms with van der Waals surface area (Å²) in [5.74, 6) is -0.861. The molecule has 0 aliphatic carbocycles. The summed E-state index contributed by atoms with van der Waals surface area (Å²) in [6, 6.07) is 8.22. The van der Waals surface area contributed by atoms with E-state index < -0.39 is 34.4 Å². The number of nitrogens with zero attached hydrogens (tertiary/aromatic N) is 2. The van der Waals surface area contributed by atoms with Crippen molar-refractivity contribution >= 4 is 23.4 Å². The van der Waals surface area contributed by atoms with E-state index >= 15 is 0 Å². The van der Waals surface area contributed by atoms with Crippen LogP contribution in [0.4, 0.5) is 5.69 Å². The molecule has 0 bridgehead atoms. The second-order valence-corrected chi connectivity index (χ2v) is 7.30. The van der Waals surface area contributed by atoms with Crippen LogP contribution in [-0.2, 0) is 11.2 Å². The lowest BCUT2D eigenvalue weighted by molar-refractivity contribution is -0.385. The molecule has 1 N–H and O–H groups in total. The lowest BCUT2D eigenvalue weighted by atomic mass is 10.1. The van der Waals surface area contributed by atoms with E-state index in [2.05, 4.69) is 5.32 Å². The van der Waals surface area contributed by atoms with Gasteiger partial charge in [-0.05, 0) is 51.0 Å². The van der Waals surface area contributed by atoms with Crippen molar-refractivity contribution in [2.45, 2.75) is 33.2 Å². The summed E-state index contributed by atoms with van der Waals surface area (Å²) in [6.07, 6.45) is 0.485. The van der Waals surface area contributed by atoms with Crippen molar-refractivity contribution in [3.05, 3.63) is 63.2 Å². The third-order valence-corrected chi connectivity index (χ3v) is 5.21. The first-order valence-corrected chi connectivity index (χ1v) is 10.6. The molecule has 10 heteroatoms. The third kappa shape index (κ3) is 4.79. The number of amides is 3. The Morgan fingerprint density at radius 3 is 2.45 bits per heavy atom. The SMILES string of the molecule is CCOc1ccc(CCNC(=O)C(C)N2C(=O)c3cccc([N+](=O)[O-])c3C2=O)cc1OCC. The molecule has 0 radical (unpaired) electrons. The number of nitro benzene ring substituents is 1. The minimum absolute atomic E-state index is 0.0771. The number of nitro groups is 1. The van der Waals surface area contributed by atoms with Crippen LogP contribution in [0.1, 0.15) is 47.1 Å². The Kier molecular flexibility index (Phi) is 7.27. The maximum atomic E-state index is 12.8. The average molecular weight is 455 g/mol. The lowest BCUT2D eigenvalue weighted by Gasteiger charge is -2.21. The van der Waals surface area contributed by atoms with Gasteiger partial charge in [0, 0.05) is 12.6 Å². The molecule has 1 aliphatic heterocycles. The van der Waals surface area contributed by atoms with Crippen LogP contribution in [0.5, 0.6) is 11.5 Å². The fourth-order valence-corrected chi connectivity index (χ4v) is 3.64. The van der Waals surface area contributed by atoms with Crippen molar-refractivity contribution in [2.24, 2.45) is 0 Å². The molecule has 0 spiro atoms. The minimum Gasteiger partial charge on any atom is -0.490 e. The quantitative estimate of drug-likeness (QED) is 0.331. The number of carbonyl (C=O) groups is 3. The monoisotopic (exact) mass is 455 g/mol. The van der Waals surface area contributed by atoms with Crippen molar-refractivity contribution in [1.82, 2.24) is 10.2 Å². The number of fused-ring (bicyclic) bond motifs is 1. The fraction of sp³-hybridized carbons (Fsp3) is 0.348. The molecule has 0 fully saturated rings. The highest BCUT2D eigenvalue weighted by Crippen LogP contribution is 2.32. The van der Waals surface area contributed by atoms with Crippen molar-refractivity contribution in [3.63, 3.8) is 0 Å². The number of hydrogen-bond acceptors (Lipinski definition) is 7. The third-order valence-electron chi connectivity index (χ3n) is 5.21. The highest BCUT2D eigenvalue weighted by Gasteiger charge is 2.44. The van der Waals surface area contributed by atoms with Crippen LogP contribution < -0.4 is 14.8 Å². The molecule has 1 unspecified atom stereocenters. The van der Waals surface area contributed by atoms with Gasteiger partial charge in [-0.3, -0.25) is 29.4 Å². The topological polar surface area (TPSA) is 128 Å². The maximum Gasteiger partial charge on any atom is 0.282 e. The molecule has 3 amide bonds. The smallest absolute Gasteiger partial charge is 0.282 e. The Hall–Kier alpha value is -3.95. The zero-order chi connectivity index (χ0) is 24.1. The summed E-state index contributed by atoms with van der Waals surface area (Å²) in [6.45, 7) is 6.41. The molecular formula is C23H25N3O7. The van der Waals surface area contributed by atoms with E-state index in [1.807, 2.05) is 26.0 Å². The van der Waals surface area contributed by atoms with E-state index in [0.717, 1.165) is 16.5 Å². The normalized spacial score (nSPS) is 13.5. The van der Waals surface area contributed by atoms with Crippen LogP contribution in [0.25, 0.3) is 0 Å².